The Balaban J connectivity index is 1.98. The van der Waals surface area contributed by atoms with Crippen molar-refractivity contribution >= 4 is 15.9 Å². The third kappa shape index (κ3) is 2.91. The normalized spacial score (nSPS) is 24.3. The lowest BCUT2D eigenvalue weighted by Gasteiger charge is -2.28. The van der Waals surface area contributed by atoms with Crippen LogP contribution in [0.25, 0.3) is 0 Å². The van der Waals surface area contributed by atoms with E-state index in [1.807, 2.05) is 6.07 Å². The molecule has 0 saturated heterocycles. The van der Waals surface area contributed by atoms with Crippen LogP contribution in [0.5, 0.6) is 11.5 Å². The molecule has 0 amide bonds. The topological polar surface area (TPSA) is 36.9 Å². The molecule has 5 heteroatoms. The van der Waals surface area contributed by atoms with Gasteiger partial charge < -0.3 is 18.9 Å². The lowest BCUT2D eigenvalue weighted by atomic mass is 9.97. The van der Waals surface area contributed by atoms with Crippen LogP contribution in [0.1, 0.15) is 44.7 Å². The maximum atomic E-state index is 6.13. The molecule has 0 aromatic heterocycles. The quantitative estimate of drug-likeness (QED) is 0.694. The number of methoxy groups -OCH3 is 1. The van der Waals surface area contributed by atoms with Gasteiger partial charge in [0.15, 0.2) is 11.5 Å². The Bertz CT molecular complexity index is 638. The van der Waals surface area contributed by atoms with Crippen LogP contribution in [-0.4, -0.2) is 18.0 Å². The molecular weight excluding hydrogens is 360 g/mol. The predicted octanol–water partition coefficient (Wildman–Crippen LogP) is 4.64. The fourth-order valence-electron chi connectivity index (χ4n) is 3.09. The van der Waals surface area contributed by atoms with Gasteiger partial charge in [-0.1, -0.05) is 22.9 Å². The largest absolute Gasteiger partial charge is 0.493 e. The van der Waals surface area contributed by atoms with E-state index < -0.39 is 5.79 Å². The number of halogens is 1. The van der Waals surface area contributed by atoms with Gasteiger partial charge in [0.2, 0.25) is 0 Å². The van der Waals surface area contributed by atoms with Crippen molar-refractivity contribution in [2.24, 2.45) is 0 Å². The molecule has 4 nitrogen and oxygen atoms in total. The third-order valence-electron chi connectivity index (χ3n) is 4.14. The van der Waals surface area contributed by atoms with Crippen molar-refractivity contribution in [3.63, 3.8) is 0 Å². The Hall–Kier alpha value is -1.36. The molecule has 0 fully saturated rings. The fraction of sp³-hybridized carbons (Fsp3) is 0.556. The standard InChI is InChI=1S/C18H23BrO4/c1-5-6-14-10-21-18(11-19,22-14)13-7-12-9-17(2,3)23-16(12)15(8-13)20-4/h7-8,10H,5-6,9,11H2,1-4H3. The van der Waals surface area contributed by atoms with E-state index in [1.165, 1.54) is 0 Å². The number of ether oxygens (including phenoxy) is 4. The molecule has 2 heterocycles. The van der Waals surface area contributed by atoms with E-state index in [-0.39, 0.29) is 5.60 Å². The van der Waals surface area contributed by atoms with Gasteiger partial charge in [0.05, 0.1) is 12.4 Å². The smallest absolute Gasteiger partial charge is 0.286 e. The van der Waals surface area contributed by atoms with Crippen molar-refractivity contribution in [3.05, 3.63) is 35.3 Å². The lowest BCUT2D eigenvalue weighted by molar-refractivity contribution is -0.136. The number of alkyl halides is 1. The van der Waals surface area contributed by atoms with Crippen LogP contribution in [0.15, 0.2) is 24.2 Å². The first kappa shape index (κ1) is 16.5. The van der Waals surface area contributed by atoms with Crippen LogP contribution in [0.2, 0.25) is 0 Å². The van der Waals surface area contributed by atoms with Crippen LogP contribution in [0.4, 0.5) is 0 Å². The molecule has 0 N–H and O–H groups in total. The molecule has 3 rings (SSSR count). The summed E-state index contributed by atoms with van der Waals surface area (Å²) in [7, 11) is 1.66. The summed E-state index contributed by atoms with van der Waals surface area (Å²) in [5.41, 5.74) is 1.84. The molecule has 0 aliphatic carbocycles. The minimum absolute atomic E-state index is 0.223. The van der Waals surface area contributed by atoms with E-state index in [0.29, 0.717) is 5.33 Å². The summed E-state index contributed by atoms with van der Waals surface area (Å²) >= 11 is 3.54. The van der Waals surface area contributed by atoms with Crippen molar-refractivity contribution in [1.82, 2.24) is 0 Å². The number of rotatable bonds is 5. The minimum atomic E-state index is -0.834. The van der Waals surface area contributed by atoms with E-state index in [9.17, 15) is 0 Å². The molecule has 1 atom stereocenters. The molecule has 0 bridgehead atoms. The summed E-state index contributed by atoms with van der Waals surface area (Å²) in [5.74, 6) is 1.59. The average molecular weight is 383 g/mol. The van der Waals surface area contributed by atoms with Gasteiger partial charge in [0.1, 0.15) is 17.6 Å². The van der Waals surface area contributed by atoms with Gasteiger partial charge in [-0.25, -0.2) is 0 Å². The van der Waals surface area contributed by atoms with Crippen LogP contribution in [0, 0.1) is 0 Å². The van der Waals surface area contributed by atoms with Crippen molar-refractivity contribution in [2.75, 3.05) is 12.4 Å². The van der Waals surface area contributed by atoms with Crippen molar-refractivity contribution in [1.29, 1.82) is 0 Å². The zero-order valence-corrected chi connectivity index (χ0v) is 15.7. The highest BCUT2D eigenvalue weighted by Gasteiger charge is 2.43. The zero-order valence-electron chi connectivity index (χ0n) is 14.1. The van der Waals surface area contributed by atoms with Crippen molar-refractivity contribution < 1.29 is 18.9 Å². The van der Waals surface area contributed by atoms with Gasteiger partial charge in [-0.05, 0) is 32.4 Å². The fourth-order valence-corrected chi connectivity index (χ4v) is 3.66. The van der Waals surface area contributed by atoms with Crippen LogP contribution < -0.4 is 9.47 Å². The summed E-state index contributed by atoms with van der Waals surface area (Å²) in [6, 6.07) is 4.06. The Kier molecular flexibility index (Phi) is 4.25. The average Bonchev–Trinajstić information content (AvgIpc) is 3.06. The zero-order chi connectivity index (χ0) is 16.7. The summed E-state index contributed by atoms with van der Waals surface area (Å²) in [4.78, 5) is 0. The number of allylic oxidation sites excluding steroid dienone is 1. The number of hydrogen-bond donors (Lipinski definition) is 0. The van der Waals surface area contributed by atoms with Crippen LogP contribution >= 0.6 is 15.9 Å². The van der Waals surface area contributed by atoms with Gasteiger partial charge in [-0.15, -0.1) is 0 Å². The predicted molar refractivity (Wildman–Crippen MR) is 92.0 cm³/mol. The number of hydrogen-bond acceptors (Lipinski definition) is 4. The molecule has 0 spiro atoms. The van der Waals surface area contributed by atoms with Gasteiger partial charge >= 0.3 is 0 Å². The summed E-state index contributed by atoms with van der Waals surface area (Å²) in [6.07, 6.45) is 4.45. The van der Waals surface area contributed by atoms with Gasteiger partial charge in [0, 0.05) is 24.0 Å². The first-order chi connectivity index (χ1) is 10.9. The van der Waals surface area contributed by atoms with E-state index in [0.717, 1.165) is 47.6 Å². The van der Waals surface area contributed by atoms with E-state index >= 15 is 0 Å². The first-order valence-corrected chi connectivity index (χ1v) is 9.07. The molecule has 23 heavy (non-hydrogen) atoms. The number of benzene rings is 1. The van der Waals surface area contributed by atoms with E-state index in [4.69, 9.17) is 18.9 Å². The highest BCUT2D eigenvalue weighted by atomic mass is 79.9. The maximum absolute atomic E-state index is 6.13. The van der Waals surface area contributed by atoms with Gasteiger partial charge in [0.25, 0.3) is 5.79 Å². The van der Waals surface area contributed by atoms with Crippen molar-refractivity contribution in [3.8, 4) is 11.5 Å². The Morgan fingerprint density at radius 1 is 1.26 bits per heavy atom. The molecule has 0 saturated carbocycles. The highest BCUT2D eigenvalue weighted by Crippen LogP contribution is 2.47. The number of fused-ring (bicyclic) bond motifs is 1. The molecule has 1 aromatic rings. The summed E-state index contributed by atoms with van der Waals surface area (Å²) in [6.45, 7) is 6.28. The lowest BCUT2D eigenvalue weighted by Crippen LogP contribution is -2.29. The maximum Gasteiger partial charge on any atom is 0.286 e. The minimum Gasteiger partial charge on any atom is -0.493 e. The van der Waals surface area contributed by atoms with E-state index in [1.54, 1.807) is 13.4 Å². The monoisotopic (exact) mass is 382 g/mol. The molecule has 1 unspecified atom stereocenters. The molecule has 1 aromatic carbocycles. The first-order valence-electron chi connectivity index (χ1n) is 7.95. The van der Waals surface area contributed by atoms with Crippen molar-refractivity contribution in [2.45, 2.75) is 51.4 Å². The van der Waals surface area contributed by atoms with Crippen LogP contribution in [-0.2, 0) is 21.7 Å². The molecule has 126 valence electrons. The second-order valence-electron chi connectivity index (χ2n) is 6.65. The molecule has 2 aliphatic heterocycles. The Morgan fingerprint density at radius 3 is 2.70 bits per heavy atom. The molecule has 0 radical (unpaired) electrons. The summed E-state index contributed by atoms with van der Waals surface area (Å²) < 4.78 is 23.6. The molecular formula is C18H23BrO4. The highest BCUT2D eigenvalue weighted by molar-refractivity contribution is 9.09. The SMILES string of the molecule is CCCC1=COC(CBr)(c2cc3c(c(OC)c2)OC(C)(C)C3)O1. The molecule has 2 aliphatic rings. The van der Waals surface area contributed by atoms with Gasteiger partial charge in [-0.2, -0.15) is 0 Å². The Morgan fingerprint density at radius 2 is 2.04 bits per heavy atom. The third-order valence-corrected chi connectivity index (χ3v) is 4.87. The Labute approximate surface area is 145 Å². The second kappa shape index (κ2) is 5.93. The van der Waals surface area contributed by atoms with Gasteiger partial charge in [-0.3, -0.25) is 0 Å². The summed E-state index contributed by atoms with van der Waals surface area (Å²) in [5, 5.41) is 0.538. The second-order valence-corrected chi connectivity index (χ2v) is 7.21. The van der Waals surface area contributed by atoms with Crippen LogP contribution in [0.3, 0.4) is 0 Å². The van der Waals surface area contributed by atoms with E-state index in [2.05, 4.69) is 42.8 Å².